The van der Waals surface area contributed by atoms with Crippen molar-refractivity contribution in [2.45, 2.75) is 13.3 Å². The molecule has 0 radical (unpaired) electrons. The fourth-order valence-electron chi connectivity index (χ4n) is 1.48. The quantitative estimate of drug-likeness (QED) is 0.615. The summed E-state index contributed by atoms with van der Waals surface area (Å²) in [7, 11) is 0. The van der Waals surface area contributed by atoms with Crippen molar-refractivity contribution in [2.75, 3.05) is 32.8 Å². The number of carbonyl (C=O) groups excluding carboxylic acids is 1. The number of hydrazine groups is 1. The van der Waals surface area contributed by atoms with Gasteiger partial charge in [0.1, 0.15) is 0 Å². The van der Waals surface area contributed by atoms with E-state index in [-0.39, 0.29) is 12.6 Å². The van der Waals surface area contributed by atoms with E-state index in [9.17, 15) is 9.59 Å². The molecule has 7 heteroatoms. The molecule has 0 aliphatic carbocycles. The summed E-state index contributed by atoms with van der Waals surface area (Å²) >= 11 is 0. The Hall–Kier alpha value is -1.34. The van der Waals surface area contributed by atoms with Crippen LogP contribution in [0.15, 0.2) is 0 Å². The van der Waals surface area contributed by atoms with Crippen molar-refractivity contribution in [3.05, 3.63) is 0 Å². The van der Waals surface area contributed by atoms with Crippen LogP contribution in [0.3, 0.4) is 0 Å². The molecule has 1 fully saturated rings. The van der Waals surface area contributed by atoms with Gasteiger partial charge in [0.2, 0.25) is 0 Å². The van der Waals surface area contributed by atoms with Crippen molar-refractivity contribution in [1.29, 1.82) is 0 Å². The first kappa shape index (κ1) is 13.7. The lowest BCUT2D eigenvalue weighted by Crippen LogP contribution is -2.52. The lowest BCUT2D eigenvalue weighted by atomic mass is 10.1. The number of hydrogen-bond acceptors (Lipinski definition) is 4. The Morgan fingerprint density at radius 1 is 1.41 bits per heavy atom. The lowest BCUT2D eigenvalue weighted by molar-refractivity contribution is -0.141. The average molecular weight is 245 g/mol. The van der Waals surface area contributed by atoms with Gasteiger partial charge in [-0.2, -0.15) is 0 Å². The van der Waals surface area contributed by atoms with E-state index in [0.29, 0.717) is 32.7 Å². The summed E-state index contributed by atoms with van der Waals surface area (Å²) in [6, 6.07) is -0.369. The first-order valence-corrected chi connectivity index (χ1v) is 5.73. The fourth-order valence-corrected chi connectivity index (χ4v) is 1.48. The Balaban J connectivity index is 2.21. The Bertz CT molecular complexity index is 266. The van der Waals surface area contributed by atoms with Crippen LogP contribution in [0.25, 0.3) is 0 Å². The van der Waals surface area contributed by atoms with E-state index in [0.717, 1.165) is 0 Å². The highest BCUT2D eigenvalue weighted by Gasteiger charge is 2.17. The molecule has 0 aromatic rings. The summed E-state index contributed by atoms with van der Waals surface area (Å²) in [5.41, 5.74) is 2.65. The van der Waals surface area contributed by atoms with Gasteiger partial charge in [0.05, 0.1) is 19.1 Å². The second-order valence-corrected chi connectivity index (χ2v) is 3.86. The predicted octanol–water partition coefficient (Wildman–Crippen LogP) is -0.356. The van der Waals surface area contributed by atoms with Crippen molar-refractivity contribution in [3.63, 3.8) is 0 Å². The molecule has 0 saturated carbocycles. The highest BCUT2D eigenvalue weighted by molar-refractivity contribution is 5.75. The maximum absolute atomic E-state index is 11.5. The van der Waals surface area contributed by atoms with Gasteiger partial charge >= 0.3 is 12.0 Å². The summed E-state index contributed by atoms with van der Waals surface area (Å²) in [5, 5.41) is 13.1. The molecule has 1 aliphatic rings. The molecule has 1 atom stereocenters. The number of ether oxygens (including phenoxy) is 1. The van der Waals surface area contributed by atoms with Gasteiger partial charge in [-0.05, 0) is 6.42 Å². The second-order valence-electron chi connectivity index (χ2n) is 3.86. The van der Waals surface area contributed by atoms with Gasteiger partial charge in [-0.15, -0.1) is 0 Å². The third-order valence-corrected chi connectivity index (χ3v) is 2.62. The van der Waals surface area contributed by atoms with E-state index in [1.54, 1.807) is 11.9 Å². The number of carbonyl (C=O) groups is 2. The molecule has 7 nitrogen and oxygen atoms in total. The molecular weight excluding hydrogens is 226 g/mol. The van der Waals surface area contributed by atoms with Crippen LogP contribution in [0.4, 0.5) is 4.79 Å². The largest absolute Gasteiger partial charge is 0.481 e. The van der Waals surface area contributed by atoms with Crippen LogP contribution in [0.2, 0.25) is 0 Å². The van der Waals surface area contributed by atoms with E-state index in [2.05, 4.69) is 10.7 Å². The molecule has 98 valence electrons. The minimum atomic E-state index is -0.890. The number of hydrogen-bond donors (Lipinski definition) is 3. The number of rotatable bonds is 5. The van der Waals surface area contributed by atoms with Crippen molar-refractivity contribution in [1.82, 2.24) is 15.8 Å². The third kappa shape index (κ3) is 5.01. The molecule has 0 aromatic heterocycles. The predicted molar refractivity (Wildman–Crippen MR) is 60.3 cm³/mol. The van der Waals surface area contributed by atoms with Crippen LogP contribution >= 0.6 is 0 Å². The summed E-state index contributed by atoms with van der Waals surface area (Å²) in [4.78, 5) is 22.2. The number of aliphatic carboxylic acids is 1. The summed E-state index contributed by atoms with van der Waals surface area (Å²) in [5.74, 6) is -1.43. The maximum Gasteiger partial charge on any atom is 0.329 e. The smallest absolute Gasteiger partial charge is 0.329 e. The molecule has 0 bridgehead atoms. The van der Waals surface area contributed by atoms with E-state index < -0.39 is 11.9 Å². The molecule has 1 aliphatic heterocycles. The first-order chi connectivity index (χ1) is 8.13. The van der Waals surface area contributed by atoms with Gasteiger partial charge in [0, 0.05) is 19.6 Å². The number of nitrogens with one attached hydrogen (secondary N) is 2. The summed E-state index contributed by atoms with van der Waals surface area (Å²) in [6.07, 6.45) is 0.493. The summed E-state index contributed by atoms with van der Waals surface area (Å²) in [6.45, 7) is 4.38. The van der Waals surface area contributed by atoms with Crippen LogP contribution in [-0.2, 0) is 9.53 Å². The molecular formula is C10H19N3O4. The summed E-state index contributed by atoms with van der Waals surface area (Å²) < 4.78 is 5.14. The molecule has 1 unspecified atom stereocenters. The normalized spacial score (nSPS) is 18.4. The van der Waals surface area contributed by atoms with E-state index in [4.69, 9.17) is 9.84 Å². The van der Waals surface area contributed by atoms with Crippen molar-refractivity contribution in [2.24, 2.45) is 5.92 Å². The third-order valence-electron chi connectivity index (χ3n) is 2.62. The number of carboxylic acid groups (broad SMARTS) is 1. The molecule has 0 spiro atoms. The Kier molecular flexibility index (Phi) is 5.71. The van der Waals surface area contributed by atoms with E-state index in [1.807, 2.05) is 0 Å². The number of urea groups is 1. The zero-order chi connectivity index (χ0) is 12.7. The fraction of sp³-hybridized carbons (Fsp3) is 0.800. The van der Waals surface area contributed by atoms with Gasteiger partial charge in [-0.25, -0.2) is 9.80 Å². The molecule has 1 rings (SSSR count). The Morgan fingerprint density at radius 2 is 2.06 bits per heavy atom. The zero-order valence-electron chi connectivity index (χ0n) is 9.94. The second kappa shape index (κ2) is 7.08. The number of morpholine rings is 1. The minimum absolute atomic E-state index is 0.141. The molecule has 3 N–H and O–H groups in total. The lowest BCUT2D eigenvalue weighted by Gasteiger charge is -2.27. The van der Waals surface area contributed by atoms with Crippen molar-refractivity contribution >= 4 is 12.0 Å². The van der Waals surface area contributed by atoms with Crippen molar-refractivity contribution < 1.29 is 19.4 Å². The topological polar surface area (TPSA) is 90.9 Å². The molecule has 1 saturated heterocycles. The van der Waals surface area contributed by atoms with E-state index in [1.165, 1.54) is 0 Å². The number of amides is 2. The van der Waals surface area contributed by atoms with E-state index >= 15 is 0 Å². The number of carboxylic acids is 1. The van der Waals surface area contributed by atoms with Crippen LogP contribution in [0, 0.1) is 5.92 Å². The Morgan fingerprint density at radius 3 is 2.59 bits per heavy atom. The molecule has 1 heterocycles. The highest BCUT2D eigenvalue weighted by atomic mass is 16.5. The highest BCUT2D eigenvalue weighted by Crippen LogP contribution is 2.00. The van der Waals surface area contributed by atoms with Crippen LogP contribution in [0.1, 0.15) is 13.3 Å². The monoisotopic (exact) mass is 245 g/mol. The average Bonchev–Trinajstić information content (AvgIpc) is 2.30. The van der Waals surface area contributed by atoms with Crippen LogP contribution < -0.4 is 10.7 Å². The minimum Gasteiger partial charge on any atom is -0.481 e. The van der Waals surface area contributed by atoms with Gasteiger partial charge in [-0.1, -0.05) is 6.92 Å². The van der Waals surface area contributed by atoms with Crippen LogP contribution in [-0.4, -0.2) is 55.0 Å². The van der Waals surface area contributed by atoms with Crippen LogP contribution in [0.5, 0.6) is 0 Å². The molecule has 17 heavy (non-hydrogen) atoms. The Labute approximate surface area is 100 Å². The maximum atomic E-state index is 11.5. The van der Waals surface area contributed by atoms with Gasteiger partial charge in [-0.3, -0.25) is 10.2 Å². The standard InChI is InChI=1S/C10H19N3O4/c1-2-8(9(14)15)7-11-10(16)12-13-3-5-17-6-4-13/h8H,2-7H2,1H3,(H,14,15)(H2,11,12,16). The number of nitrogens with zero attached hydrogens (tertiary/aromatic N) is 1. The van der Waals surface area contributed by atoms with Gasteiger partial charge in [0.15, 0.2) is 0 Å². The molecule has 0 aromatic carbocycles. The molecule has 2 amide bonds. The first-order valence-electron chi connectivity index (χ1n) is 5.73. The SMILES string of the molecule is CCC(CNC(=O)NN1CCOCC1)C(=O)O. The van der Waals surface area contributed by atoms with Gasteiger partial charge < -0.3 is 15.2 Å². The zero-order valence-corrected chi connectivity index (χ0v) is 9.94. The van der Waals surface area contributed by atoms with Gasteiger partial charge in [0.25, 0.3) is 0 Å². The van der Waals surface area contributed by atoms with Crippen molar-refractivity contribution in [3.8, 4) is 0 Å².